The van der Waals surface area contributed by atoms with E-state index in [9.17, 15) is 9.59 Å². The van der Waals surface area contributed by atoms with Gasteiger partial charge in [-0.2, -0.15) is 0 Å². The van der Waals surface area contributed by atoms with Crippen LogP contribution >= 0.6 is 0 Å². The summed E-state index contributed by atoms with van der Waals surface area (Å²) < 4.78 is 16.0. The van der Waals surface area contributed by atoms with E-state index < -0.39 is 5.97 Å². The Labute approximate surface area is 173 Å². The van der Waals surface area contributed by atoms with E-state index in [1.807, 2.05) is 42.5 Å². The zero-order valence-corrected chi connectivity index (χ0v) is 16.5. The van der Waals surface area contributed by atoms with E-state index in [0.717, 1.165) is 16.3 Å². The number of aliphatic imine (C=N–C) groups is 1. The molecule has 1 heterocycles. The lowest BCUT2D eigenvalue weighted by Crippen LogP contribution is -2.07. The lowest BCUT2D eigenvalue weighted by atomic mass is 10.0. The second kappa shape index (κ2) is 8.21. The first kappa shape index (κ1) is 19.4. The number of ether oxygens (including phenoxy) is 3. The molecule has 150 valence electrons. The summed E-state index contributed by atoms with van der Waals surface area (Å²) in [6.07, 6.45) is 1.82. The summed E-state index contributed by atoms with van der Waals surface area (Å²) in [7, 11) is 1.49. The molecular formula is C24H19NO5. The molecule has 1 aliphatic rings. The largest absolute Gasteiger partial charge is 0.493 e. The van der Waals surface area contributed by atoms with Gasteiger partial charge in [0.25, 0.3) is 0 Å². The van der Waals surface area contributed by atoms with Crippen LogP contribution in [0.2, 0.25) is 0 Å². The standard InChI is InChI=1S/C24H19NO5/c1-3-22(26)29-21-14-15(11-12-20(21)28-2)13-19-24(27)30-23(25-19)18-10-6-8-16-7-4-5-9-17(16)18/h4-14H,3H2,1-2H3/b19-13-. The van der Waals surface area contributed by atoms with Crippen molar-refractivity contribution in [3.05, 3.63) is 77.5 Å². The van der Waals surface area contributed by atoms with Crippen LogP contribution in [0, 0.1) is 0 Å². The van der Waals surface area contributed by atoms with Crippen molar-refractivity contribution in [3.8, 4) is 11.5 Å². The van der Waals surface area contributed by atoms with Gasteiger partial charge in [-0.15, -0.1) is 0 Å². The molecule has 3 aromatic carbocycles. The van der Waals surface area contributed by atoms with E-state index in [4.69, 9.17) is 14.2 Å². The molecular weight excluding hydrogens is 382 g/mol. The summed E-state index contributed by atoms with van der Waals surface area (Å²) in [6, 6.07) is 18.6. The maximum absolute atomic E-state index is 12.4. The van der Waals surface area contributed by atoms with Gasteiger partial charge >= 0.3 is 11.9 Å². The zero-order valence-electron chi connectivity index (χ0n) is 16.5. The van der Waals surface area contributed by atoms with Crippen LogP contribution in [0.4, 0.5) is 0 Å². The van der Waals surface area contributed by atoms with E-state index >= 15 is 0 Å². The molecule has 6 heteroatoms. The highest BCUT2D eigenvalue weighted by atomic mass is 16.6. The van der Waals surface area contributed by atoms with E-state index in [0.29, 0.717) is 11.3 Å². The summed E-state index contributed by atoms with van der Waals surface area (Å²) in [6.45, 7) is 1.71. The molecule has 0 atom stereocenters. The molecule has 3 aromatic rings. The number of benzene rings is 3. The Hall–Kier alpha value is -3.93. The predicted octanol–water partition coefficient (Wildman–Crippen LogP) is 4.51. The topological polar surface area (TPSA) is 74.2 Å². The quantitative estimate of drug-likeness (QED) is 0.357. The van der Waals surface area contributed by atoms with Crippen molar-refractivity contribution < 1.29 is 23.8 Å². The van der Waals surface area contributed by atoms with Gasteiger partial charge in [0.05, 0.1) is 7.11 Å². The monoisotopic (exact) mass is 401 g/mol. The first-order chi connectivity index (χ1) is 14.6. The Morgan fingerprint density at radius 1 is 1.07 bits per heavy atom. The molecule has 0 saturated heterocycles. The molecule has 30 heavy (non-hydrogen) atoms. The van der Waals surface area contributed by atoms with Crippen LogP contribution in [0.1, 0.15) is 24.5 Å². The molecule has 0 N–H and O–H groups in total. The number of hydrogen-bond donors (Lipinski definition) is 0. The highest BCUT2D eigenvalue weighted by Crippen LogP contribution is 2.30. The molecule has 0 amide bonds. The lowest BCUT2D eigenvalue weighted by Gasteiger charge is -2.09. The average molecular weight is 401 g/mol. The van der Waals surface area contributed by atoms with E-state index in [2.05, 4.69) is 4.99 Å². The van der Waals surface area contributed by atoms with Crippen molar-refractivity contribution in [1.29, 1.82) is 0 Å². The number of cyclic esters (lactones) is 1. The first-order valence-electron chi connectivity index (χ1n) is 9.48. The van der Waals surface area contributed by atoms with E-state index in [-0.39, 0.29) is 29.7 Å². The van der Waals surface area contributed by atoms with Gasteiger partial charge in [-0.25, -0.2) is 9.79 Å². The Morgan fingerprint density at radius 2 is 1.87 bits per heavy atom. The van der Waals surface area contributed by atoms with Crippen LogP contribution < -0.4 is 9.47 Å². The number of carbonyl (C=O) groups excluding carboxylic acids is 2. The number of esters is 2. The highest BCUT2D eigenvalue weighted by Gasteiger charge is 2.25. The maximum atomic E-state index is 12.4. The van der Waals surface area contributed by atoms with Crippen LogP contribution in [0.5, 0.6) is 11.5 Å². The van der Waals surface area contributed by atoms with Crippen LogP contribution in [0.15, 0.2) is 71.4 Å². The van der Waals surface area contributed by atoms with Gasteiger partial charge < -0.3 is 14.2 Å². The molecule has 0 fully saturated rings. The second-order valence-electron chi connectivity index (χ2n) is 6.60. The number of nitrogens with zero attached hydrogens (tertiary/aromatic N) is 1. The van der Waals surface area contributed by atoms with Gasteiger partial charge in [-0.1, -0.05) is 49.4 Å². The average Bonchev–Trinajstić information content (AvgIpc) is 3.13. The number of fused-ring (bicyclic) bond motifs is 1. The summed E-state index contributed by atoms with van der Waals surface area (Å²) >= 11 is 0. The van der Waals surface area contributed by atoms with Crippen LogP contribution in [0.3, 0.4) is 0 Å². The summed E-state index contributed by atoms with van der Waals surface area (Å²) in [5.74, 6) is 0.0425. The summed E-state index contributed by atoms with van der Waals surface area (Å²) in [5.41, 5.74) is 1.54. The Bertz CT molecular complexity index is 1200. The minimum Gasteiger partial charge on any atom is -0.493 e. The van der Waals surface area contributed by atoms with Gasteiger partial charge in [0.1, 0.15) is 0 Å². The molecule has 0 saturated carbocycles. The van der Waals surface area contributed by atoms with Crippen LogP contribution in [-0.2, 0) is 14.3 Å². The van der Waals surface area contributed by atoms with E-state index in [1.165, 1.54) is 7.11 Å². The van der Waals surface area contributed by atoms with Crippen molar-refractivity contribution >= 4 is 34.7 Å². The first-order valence-corrected chi connectivity index (χ1v) is 9.48. The third-order valence-electron chi connectivity index (χ3n) is 4.64. The van der Waals surface area contributed by atoms with E-state index in [1.54, 1.807) is 31.2 Å². The normalized spacial score (nSPS) is 14.5. The van der Waals surface area contributed by atoms with Crippen molar-refractivity contribution in [3.63, 3.8) is 0 Å². The lowest BCUT2D eigenvalue weighted by molar-refractivity contribution is -0.134. The Kier molecular flexibility index (Phi) is 5.30. The molecule has 0 spiro atoms. The molecule has 0 radical (unpaired) electrons. The fourth-order valence-corrected chi connectivity index (χ4v) is 3.15. The molecule has 1 aliphatic heterocycles. The summed E-state index contributed by atoms with van der Waals surface area (Å²) in [4.78, 5) is 28.5. The second-order valence-corrected chi connectivity index (χ2v) is 6.60. The predicted molar refractivity (Wildman–Crippen MR) is 113 cm³/mol. The minimum absolute atomic E-state index is 0.163. The van der Waals surface area contributed by atoms with Crippen molar-refractivity contribution in [2.75, 3.05) is 7.11 Å². The maximum Gasteiger partial charge on any atom is 0.363 e. The third kappa shape index (κ3) is 3.80. The SMILES string of the molecule is CCC(=O)Oc1cc(/C=C2\N=C(c3cccc4ccccc34)OC2=O)ccc1OC. The number of methoxy groups -OCH3 is 1. The third-order valence-corrected chi connectivity index (χ3v) is 4.64. The molecule has 0 unspecified atom stereocenters. The zero-order chi connectivity index (χ0) is 21.1. The van der Waals surface area contributed by atoms with Crippen LogP contribution in [-0.4, -0.2) is 24.9 Å². The van der Waals surface area contributed by atoms with Gasteiger partial charge in [0.2, 0.25) is 5.90 Å². The van der Waals surface area contributed by atoms with Gasteiger partial charge in [-0.05, 0) is 40.6 Å². The Balaban J connectivity index is 1.70. The van der Waals surface area contributed by atoms with Gasteiger partial charge in [-0.3, -0.25) is 4.79 Å². The molecule has 0 bridgehead atoms. The Morgan fingerprint density at radius 3 is 2.67 bits per heavy atom. The molecule has 0 aromatic heterocycles. The van der Waals surface area contributed by atoms with Crippen molar-refractivity contribution in [2.24, 2.45) is 4.99 Å². The number of rotatable bonds is 5. The summed E-state index contributed by atoms with van der Waals surface area (Å²) in [5, 5.41) is 1.98. The number of carbonyl (C=O) groups is 2. The fraction of sp³-hybridized carbons (Fsp3) is 0.125. The van der Waals surface area contributed by atoms with Crippen LogP contribution in [0.25, 0.3) is 16.8 Å². The van der Waals surface area contributed by atoms with Gasteiger partial charge in [0, 0.05) is 12.0 Å². The van der Waals surface area contributed by atoms with Crippen molar-refractivity contribution in [1.82, 2.24) is 0 Å². The fourth-order valence-electron chi connectivity index (χ4n) is 3.15. The minimum atomic E-state index is -0.541. The highest BCUT2D eigenvalue weighted by molar-refractivity contribution is 6.17. The molecule has 0 aliphatic carbocycles. The number of hydrogen-bond acceptors (Lipinski definition) is 6. The molecule has 4 rings (SSSR count). The molecule has 6 nitrogen and oxygen atoms in total. The smallest absolute Gasteiger partial charge is 0.363 e. The van der Waals surface area contributed by atoms with Gasteiger partial charge in [0.15, 0.2) is 17.2 Å². The van der Waals surface area contributed by atoms with Crippen molar-refractivity contribution in [2.45, 2.75) is 13.3 Å².